The fraction of sp³-hybridized carbons (Fsp3) is 0.333. The van der Waals surface area contributed by atoms with E-state index < -0.39 is 0 Å². The lowest BCUT2D eigenvalue weighted by molar-refractivity contribution is 0.0423. The molecule has 8 heteroatoms. The molecule has 0 aromatic heterocycles. The van der Waals surface area contributed by atoms with Gasteiger partial charge < -0.3 is 9.47 Å². The summed E-state index contributed by atoms with van der Waals surface area (Å²) in [6, 6.07) is 18.0. The Morgan fingerprint density at radius 2 is 0.857 bits per heavy atom. The molecule has 284 valence electrons. The van der Waals surface area contributed by atoms with Crippen molar-refractivity contribution in [3.05, 3.63) is 94.0 Å². The summed E-state index contributed by atoms with van der Waals surface area (Å²) in [4.78, 5) is 61.0. The fourth-order valence-corrected chi connectivity index (χ4v) is 9.80. The minimum Gasteiger partial charge on any atom is -0.497 e. The summed E-state index contributed by atoms with van der Waals surface area (Å²) in [5.41, 5.74) is 3.07. The number of nitrogens with zero attached hydrogens (tertiary/aromatic N) is 2. The quantitative estimate of drug-likeness (QED) is 0.0667. The first-order valence-corrected chi connectivity index (χ1v) is 19.4. The zero-order valence-corrected chi connectivity index (χ0v) is 33.6. The molecule has 2 heterocycles. The molecular formula is C48H46N2O6. The number of carbonyl (C=O) groups is 4. The summed E-state index contributed by atoms with van der Waals surface area (Å²) < 4.78 is 11.0. The third kappa shape index (κ3) is 5.27. The molecular weight excluding hydrogens is 701 g/mol. The third-order valence-electron chi connectivity index (χ3n) is 11.8. The van der Waals surface area contributed by atoms with Gasteiger partial charge in [-0.2, -0.15) is 0 Å². The fourth-order valence-electron chi connectivity index (χ4n) is 9.80. The maximum atomic E-state index is 14.8. The van der Waals surface area contributed by atoms with Crippen LogP contribution in [0.3, 0.4) is 0 Å². The van der Waals surface area contributed by atoms with Gasteiger partial charge in [0.25, 0.3) is 23.6 Å². The maximum Gasteiger partial charge on any atom is 0.261 e. The zero-order chi connectivity index (χ0) is 40.1. The summed E-state index contributed by atoms with van der Waals surface area (Å²) >= 11 is 0. The Bertz CT molecular complexity index is 2690. The van der Waals surface area contributed by atoms with Gasteiger partial charge in [0.2, 0.25) is 0 Å². The van der Waals surface area contributed by atoms with Gasteiger partial charge in [-0.15, -0.1) is 0 Å². The summed E-state index contributed by atoms with van der Waals surface area (Å²) in [6.07, 6.45) is 0. The highest BCUT2D eigenvalue weighted by Gasteiger charge is 2.43. The zero-order valence-electron chi connectivity index (χ0n) is 33.6. The highest BCUT2D eigenvalue weighted by atomic mass is 16.5. The lowest BCUT2D eigenvalue weighted by Gasteiger charge is -2.39. The predicted octanol–water partition coefficient (Wildman–Crippen LogP) is 9.71. The summed E-state index contributed by atoms with van der Waals surface area (Å²) in [5, 5.41) is 5.92. The Morgan fingerprint density at radius 3 is 1.30 bits per heavy atom. The number of fused-ring (bicyclic) bond motifs is 2. The van der Waals surface area contributed by atoms with Crippen molar-refractivity contribution < 1.29 is 28.7 Å². The predicted molar refractivity (Wildman–Crippen MR) is 221 cm³/mol. The topological polar surface area (TPSA) is 93.2 Å². The first kappa shape index (κ1) is 37.0. The molecule has 0 atom stereocenters. The van der Waals surface area contributed by atoms with Gasteiger partial charge >= 0.3 is 0 Å². The van der Waals surface area contributed by atoms with E-state index in [9.17, 15) is 19.2 Å². The average molecular weight is 747 g/mol. The van der Waals surface area contributed by atoms with E-state index >= 15 is 0 Å². The lowest BCUT2D eigenvalue weighted by Crippen LogP contribution is -2.51. The molecule has 6 aromatic rings. The molecule has 8 nitrogen and oxygen atoms in total. The van der Waals surface area contributed by atoms with Crippen molar-refractivity contribution in [2.24, 2.45) is 23.7 Å². The van der Waals surface area contributed by atoms with Crippen molar-refractivity contribution >= 4 is 66.7 Å². The Balaban J connectivity index is 1.49. The van der Waals surface area contributed by atoms with Crippen molar-refractivity contribution in [3.63, 3.8) is 0 Å². The van der Waals surface area contributed by atoms with Gasteiger partial charge in [0, 0.05) is 73.1 Å². The number of benzene rings is 6. The number of hydrogen-bond acceptors (Lipinski definition) is 6. The van der Waals surface area contributed by atoms with Crippen LogP contribution in [-0.2, 0) is 0 Å². The van der Waals surface area contributed by atoms with Crippen LogP contribution in [0, 0.1) is 35.5 Å². The van der Waals surface area contributed by atoms with Crippen LogP contribution >= 0.6 is 0 Å². The van der Waals surface area contributed by atoms with Crippen LogP contribution in [0.4, 0.5) is 0 Å². The molecule has 2 aliphatic heterocycles. The molecule has 0 radical (unpaired) electrons. The molecule has 0 bridgehead atoms. The highest BCUT2D eigenvalue weighted by molar-refractivity contribution is 6.42. The maximum absolute atomic E-state index is 14.8. The van der Waals surface area contributed by atoms with E-state index in [4.69, 9.17) is 9.47 Å². The Morgan fingerprint density at radius 1 is 0.446 bits per heavy atom. The van der Waals surface area contributed by atoms with Gasteiger partial charge in [-0.25, -0.2) is 0 Å². The van der Waals surface area contributed by atoms with Crippen molar-refractivity contribution in [1.82, 2.24) is 9.80 Å². The molecule has 4 amide bonds. The Labute approximate surface area is 327 Å². The minimum absolute atomic E-state index is 0.0313. The summed E-state index contributed by atoms with van der Waals surface area (Å²) in [7, 11) is 3.17. The van der Waals surface area contributed by atoms with E-state index in [2.05, 4.69) is 11.8 Å². The molecule has 0 fully saturated rings. The second-order valence-electron chi connectivity index (χ2n) is 16.6. The summed E-state index contributed by atoms with van der Waals surface area (Å²) in [5.74, 6) is 6.81. The minimum atomic E-state index is -0.345. The van der Waals surface area contributed by atoms with Crippen LogP contribution in [0.5, 0.6) is 11.5 Å². The van der Waals surface area contributed by atoms with Gasteiger partial charge in [0.1, 0.15) is 11.5 Å². The molecule has 0 spiro atoms. The van der Waals surface area contributed by atoms with Crippen LogP contribution in [0.1, 0.15) is 108 Å². The van der Waals surface area contributed by atoms with Crippen molar-refractivity contribution in [2.75, 3.05) is 14.2 Å². The van der Waals surface area contributed by atoms with Crippen molar-refractivity contribution in [2.45, 2.75) is 67.5 Å². The number of carbonyl (C=O) groups excluding carboxylic acids is 4. The normalized spacial score (nSPS) is 14.4. The van der Waals surface area contributed by atoms with Crippen LogP contribution in [0.15, 0.2) is 60.7 Å². The molecule has 0 saturated carbocycles. The number of rotatable bonds is 8. The standard InChI is InChI=1S/C48H46N2O6/c1-23(2)43(24(3)4)49-45(51)34-16-13-31-32-14-17-36-41-37(48(54)50(47(36)53)44(25(5)6)26(7)8)21-28(12-11-27-19-29(55-9)22-30(20-27)56-10)38(42(32)41)33-15-18-35(46(49)52)40(34)39(31)33/h13-26,43-44H,1-10H3. The molecule has 0 N–H and O–H groups in total. The van der Waals surface area contributed by atoms with Crippen molar-refractivity contribution in [3.8, 4) is 23.3 Å². The van der Waals surface area contributed by atoms with Gasteiger partial charge in [0.05, 0.1) is 14.2 Å². The van der Waals surface area contributed by atoms with Gasteiger partial charge in [0.15, 0.2) is 0 Å². The Kier molecular flexibility index (Phi) is 8.84. The second-order valence-corrected chi connectivity index (χ2v) is 16.6. The molecule has 0 unspecified atom stereocenters. The van der Waals surface area contributed by atoms with E-state index in [1.54, 1.807) is 20.3 Å². The average Bonchev–Trinajstić information content (AvgIpc) is 3.16. The molecule has 8 rings (SSSR count). The molecule has 2 aliphatic rings. The molecule has 0 saturated heterocycles. The first-order valence-electron chi connectivity index (χ1n) is 19.4. The SMILES string of the molecule is COc1cc(C#Cc2cc3c4c(ccc5c6ccc7c8c(ccc(c2c45)c86)C(=O)N(C(C(C)C)C(C)C)C7=O)C(=O)N(C(C(C)C)C(C)C)C3=O)cc(OC)c1. The lowest BCUT2D eigenvalue weighted by atomic mass is 9.79. The van der Waals surface area contributed by atoms with Gasteiger partial charge in [-0.1, -0.05) is 85.4 Å². The van der Waals surface area contributed by atoms with E-state index in [1.165, 1.54) is 9.80 Å². The van der Waals surface area contributed by atoms with E-state index in [0.717, 1.165) is 32.3 Å². The van der Waals surface area contributed by atoms with Gasteiger partial charge in [-0.3, -0.25) is 29.0 Å². The number of ether oxygens (including phenoxy) is 2. The van der Waals surface area contributed by atoms with E-state index in [0.29, 0.717) is 55.7 Å². The van der Waals surface area contributed by atoms with Crippen LogP contribution in [-0.4, -0.2) is 59.7 Å². The first-order chi connectivity index (χ1) is 26.7. The largest absolute Gasteiger partial charge is 0.497 e. The second kappa shape index (κ2) is 13.4. The number of hydrogen-bond donors (Lipinski definition) is 0. The number of methoxy groups -OCH3 is 2. The van der Waals surface area contributed by atoms with E-state index in [1.807, 2.05) is 110 Å². The number of amides is 4. The van der Waals surface area contributed by atoms with Crippen LogP contribution in [0.2, 0.25) is 0 Å². The van der Waals surface area contributed by atoms with E-state index in [-0.39, 0.29) is 59.4 Å². The number of imide groups is 2. The Hall–Kier alpha value is -5.94. The van der Waals surface area contributed by atoms with Gasteiger partial charge in [-0.05, 0) is 81.6 Å². The third-order valence-corrected chi connectivity index (χ3v) is 11.8. The molecule has 0 aliphatic carbocycles. The van der Waals surface area contributed by atoms with Crippen LogP contribution < -0.4 is 9.47 Å². The monoisotopic (exact) mass is 746 g/mol. The molecule has 6 aromatic carbocycles. The highest BCUT2D eigenvalue weighted by Crippen LogP contribution is 2.48. The van der Waals surface area contributed by atoms with Crippen molar-refractivity contribution in [1.29, 1.82) is 0 Å². The smallest absolute Gasteiger partial charge is 0.261 e. The summed E-state index contributed by atoms with van der Waals surface area (Å²) in [6.45, 7) is 16.3. The van der Waals surface area contributed by atoms with Crippen LogP contribution in [0.25, 0.3) is 43.1 Å². The molecule has 56 heavy (non-hydrogen) atoms.